The topological polar surface area (TPSA) is 75.9 Å². The molecule has 1 aromatic carbocycles. The standard InChI is InChI=1S/C14H14IN5S/c1-2-8-7-9-12(17-11-6-4-3-5-10(11)15)18-14(20-16)19-13(9)21-8/h3-7H,2,16H2,1H3,(H2,17,18,19,20). The summed E-state index contributed by atoms with van der Waals surface area (Å²) in [6, 6.07) is 10.2. The van der Waals surface area contributed by atoms with Gasteiger partial charge in [-0.25, -0.2) is 10.8 Å². The molecule has 0 aliphatic heterocycles. The highest BCUT2D eigenvalue weighted by Gasteiger charge is 2.12. The number of rotatable bonds is 4. The van der Waals surface area contributed by atoms with Crippen molar-refractivity contribution in [3.63, 3.8) is 0 Å². The molecule has 0 aliphatic carbocycles. The molecule has 0 fully saturated rings. The van der Waals surface area contributed by atoms with Crippen LogP contribution in [0.4, 0.5) is 17.5 Å². The first-order valence-electron chi connectivity index (χ1n) is 6.50. The average Bonchev–Trinajstić information content (AvgIpc) is 2.92. The normalized spacial score (nSPS) is 10.8. The Morgan fingerprint density at radius 2 is 2.10 bits per heavy atom. The minimum absolute atomic E-state index is 0.417. The number of halogens is 1. The van der Waals surface area contributed by atoms with Gasteiger partial charge in [0.1, 0.15) is 10.6 Å². The van der Waals surface area contributed by atoms with Gasteiger partial charge in [0.05, 0.1) is 11.1 Å². The van der Waals surface area contributed by atoms with Gasteiger partial charge in [0.25, 0.3) is 0 Å². The monoisotopic (exact) mass is 411 g/mol. The number of fused-ring (bicyclic) bond motifs is 1. The molecular formula is C14H14IN5S. The zero-order valence-corrected chi connectivity index (χ0v) is 14.3. The van der Waals surface area contributed by atoms with E-state index in [1.807, 2.05) is 18.2 Å². The lowest BCUT2D eigenvalue weighted by Crippen LogP contribution is -2.11. The van der Waals surface area contributed by atoms with Crippen molar-refractivity contribution in [3.05, 3.63) is 38.8 Å². The molecule has 0 spiro atoms. The number of para-hydroxylation sites is 1. The fourth-order valence-electron chi connectivity index (χ4n) is 2.00. The number of hydrogen-bond acceptors (Lipinski definition) is 6. The van der Waals surface area contributed by atoms with E-state index in [1.165, 1.54) is 4.88 Å². The lowest BCUT2D eigenvalue weighted by molar-refractivity contribution is 1.16. The molecule has 0 atom stereocenters. The molecule has 5 nitrogen and oxygen atoms in total. The Bertz CT molecular complexity index is 786. The van der Waals surface area contributed by atoms with Gasteiger partial charge in [-0.1, -0.05) is 19.1 Å². The van der Waals surface area contributed by atoms with Gasteiger partial charge in [0.15, 0.2) is 0 Å². The van der Waals surface area contributed by atoms with Crippen molar-refractivity contribution in [1.82, 2.24) is 9.97 Å². The summed E-state index contributed by atoms with van der Waals surface area (Å²) in [5.74, 6) is 6.66. The molecule has 0 radical (unpaired) electrons. The number of nitrogens with two attached hydrogens (primary N) is 1. The second-order valence-electron chi connectivity index (χ2n) is 4.43. The van der Waals surface area contributed by atoms with Gasteiger partial charge in [-0.3, -0.25) is 5.43 Å². The van der Waals surface area contributed by atoms with Crippen molar-refractivity contribution in [3.8, 4) is 0 Å². The highest BCUT2D eigenvalue weighted by Crippen LogP contribution is 2.32. The molecule has 2 heterocycles. The zero-order chi connectivity index (χ0) is 14.8. The summed E-state index contributed by atoms with van der Waals surface area (Å²) in [5.41, 5.74) is 3.55. The number of nitrogens with zero attached hydrogens (tertiary/aromatic N) is 2. The van der Waals surface area contributed by atoms with Crippen LogP contribution in [0.15, 0.2) is 30.3 Å². The van der Waals surface area contributed by atoms with Crippen molar-refractivity contribution in [2.24, 2.45) is 5.84 Å². The Morgan fingerprint density at radius 3 is 2.81 bits per heavy atom. The van der Waals surface area contributed by atoms with Crippen LogP contribution in [0.2, 0.25) is 0 Å². The van der Waals surface area contributed by atoms with Crippen molar-refractivity contribution in [1.29, 1.82) is 0 Å². The van der Waals surface area contributed by atoms with E-state index in [0.717, 1.165) is 31.7 Å². The van der Waals surface area contributed by atoms with Crippen LogP contribution >= 0.6 is 33.9 Å². The van der Waals surface area contributed by atoms with Gasteiger partial charge in [0, 0.05) is 8.45 Å². The first kappa shape index (κ1) is 14.5. The Morgan fingerprint density at radius 1 is 1.29 bits per heavy atom. The molecular weight excluding hydrogens is 397 g/mol. The number of aromatic nitrogens is 2. The van der Waals surface area contributed by atoms with Gasteiger partial charge >= 0.3 is 0 Å². The molecule has 108 valence electrons. The van der Waals surface area contributed by atoms with Crippen LogP contribution in [0.5, 0.6) is 0 Å². The number of nitrogen functional groups attached to an aromatic ring is 1. The van der Waals surface area contributed by atoms with Crippen LogP contribution < -0.4 is 16.6 Å². The van der Waals surface area contributed by atoms with Crippen molar-refractivity contribution < 1.29 is 0 Å². The summed E-state index contributed by atoms with van der Waals surface area (Å²) in [6.07, 6.45) is 0.981. The summed E-state index contributed by atoms with van der Waals surface area (Å²) in [6.45, 7) is 2.13. The molecule has 0 unspecified atom stereocenters. The van der Waals surface area contributed by atoms with Crippen LogP contribution in [-0.2, 0) is 6.42 Å². The summed E-state index contributed by atoms with van der Waals surface area (Å²) in [4.78, 5) is 11.1. The molecule has 21 heavy (non-hydrogen) atoms. The van der Waals surface area contributed by atoms with E-state index in [1.54, 1.807) is 11.3 Å². The maximum absolute atomic E-state index is 5.47. The van der Waals surface area contributed by atoms with Crippen LogP contribution in [0.1, 0.15) is 11.8 Å². The van der Waals surface area contributed by atoms with Gasteiger partial charge in [-0.05, 0) is 47.2 Å². The molecule has 0 amide bonds. The van der Waals surface area contributed by atoms with Crippen LogP contribution in [0.3, 0.4) is 0 Å². The second-order valence-corrected chi connectivity index (χ2v) is 6.71. The fraction of sp³-hybridized carbons (Fsp3) is 0.143. The van der Waals surface area contributed by atoms with Gasteiger partial charge in [0.2, 0.25) is 5.95 Å². The third-order valence-corrected chi connectivity index (χ3v) is 5.16. The predicted octanol–water partition coefficient (Wildman–Crippen LogP) is 3.89. The molecule has 0 saturated carbocycles. The number of anilines is 3. The Hall–Kier alpha value is -1.45. The van der Waals surface area contributed by atoms with Crippen LogP contribution in [-0.4, -0.2) is 9.97 Å². The first-order valence-corrected chi connectivity index (χ1v) is 8.39. The van der Waals surface area contributed by atoms with E-state index < -0.39 is 0 Å². The highest BCUT2D eigenvalue weighted by atomic mass is 127. The predicted molar refractivity (Wildman–Crippen MR) is 97.0 cm³/mol. The van der Waals surface area contributed by atoms with Crippen molar-refractivity contribution >= 4 is 61.6 Å². The molecule has 4 N–H and O–H groups in total. The summed E-state index contributed by atoms with van der Waals surface area (Å²) >= 11 is 3.97. The van der Waals surface area contributed by atoms with E-state index in [4.69, 9.17) is 5.84 Å². The highest BCUT2D eigenvalue weighted by molar-refractivity contribution is 14.1. The molecule has 0 bridgehead atoms. The first-order chi connectivity index (χ1) is 10.2. The van der Waals surface area contributed by atoms with Crippen LogP contribution in [0, 0.1) is 3.57 Å². The SMILES string of the molecule is CCc1cc2c(Nc3ccccc3I)nc(NN)nc2s1. The number of hydrogen-bond donors (Lipinski definition) is 3. The minimum Gasteiger partial charge on any atom is -0.339 e. The maximum Gasteiger partial charge on any atom is 0.240 e. The number of benzene rings is 1. The quantitative estimate of drug-likeness (QED) is 0.345. The Labute approximate surface area is 140 Å². The molecule has 3 aromatic rings. The van der Waals surface area contributed by atoms with Gasteiger partial charge in [-0.2, -0.15) is 4.98 Å². The largest absolute Gasteiger partial charge is 0.339 e. The zero-order valence-electron chi connectivity index (χ0n) is 11.4. The third kappa shape index (κ3) is 2.94. The van der Waals surface area contributed by atoms with E-state index in [9.17, 15) is 0 Å². The molecule has 3 rings (SSSR count). The Balaban J connectivity index is 2.11. The summed E-state index contributed by atoms with van der Waals surface area (Å²) < 4.78 is 1.13. The lowest BCUT2D eigenvalue weighted by Gasteiger charge is -2.09. The summed E-state index contributed by atoms with van der Waals surface area (Å²) in [5, 5.41) is 4.40. The van der Waals surface area contributed by atoms with Crippen molar-refractivity contribution in [2.45, 2.75) is 13.3 Å². The second kappa shape index (κ2) is 6.12. The van der Waals surface area contributed by atoms with Crippen molar-refractivity contribution in [2.75, 3.05) is 10.7 Å². The lowest BCUT2D eigenvalue weighted by atomic mass is 10.3. The molecule has 7 heteroatoms. The number of aryl methyl sites for hydroxylation is 1. The number of nitrogens with one attached hydrogen (secondary N) is 2. The maximum atomic E-state index is 5.47. The van der Waals surface area contributed by atoms with E-state index >= 15 is 0 Å². The number of thiophene rings is 1. The minimum atomic E-state index is 0.417. The fourth-order valence-corrected chi connectivity index (χ4v) is 3.48. The average molecular weight is 411 g/mol. The smallest absolute Gasteiger partial charge is 0.240 e. The van der Waals surface area contributed by atoms with E-state index in [-0.39, 0.29) is 0 Å². The Kier molecular flexibility index (Phi) is 4.22. The van der Waals surface area contributed by atoms with E-state index in [0.29, 0.717) is 5.95 Å². The number of hydrazine groups is 1. The molecule has 2 aromatic heterocycles. The van der Waals surface area contributed by atoms with Crippen LogP contribution in [0.25, 0.3) is 10.2 Å². The third-order valence-electron chi connectivity index (χ3n) is 3.05. The van der Waals surface area contributed by atoms with Gasteiger partial charge < -0.3 is 5.32 Å². The van der Waals surface area contributed by atoms with E-state index in [2.05, 4.69) is 62.4 Å². The molecule has 0 saturated heterocycles. The molecule has 0 aliphatic rings. The van der Waals surface area contributed by atoms with Gasteiger partial charge in [-0.15, -0.1) is 11.3 Å². The summed E-state index contributed by atoms with van der Waals surface area (Å²) in [7, 11) is 0.